The summed E-state index contributed by atoms with van der Waals surface area (Å²) in [7, 11) is 0. The molecule has 1 aromatic heterocycles. The van der Waals surface area contributed by atoms with Gasteiger partial charge < -0.3 is 10.4 Å². The van der Waals surface area contributed by atoms with Gasteiger partial charge in [-0.15, -0.1) is 0 Å². The molecule has 0 aliphatic heterocycles. The summed E-state index contributed by atoms with van der Waals surface area (Å²) in [5.74, 6) is 0. The van der Waals surface area contributed by atoms with Crippen LogP contribution in [0.5, 0.6) is 0 Å². The lowest BCUT2D eigenvalue weighted by Crippen LogP contribution is -2.32. The predicted octanol–water partition coefficient (Wildman–Crippen LogP) is 2.72. The van der Waals surface area contributed by atoms with Gasteiger partial charge in [0.1, 0.15) is 0 Å². The fraction of sp³-hybridized carbons (Fsp3) is 0.357. The van der Waals surface area contributed by atoms with Gasteiger partial charge in [-0.05, 0) is 32.4 Å². The zero-order valence-electron chi connectivity index (χ0n) is 11.5. The minimum Gasteiger partial charge on any atom is -0.396 e. The number of rotatable bonds is 5. The molecule has 2 aromatic rings. The minimum absolute atomic E-state index is 0.0629. The molecule has 0 spiro atoms. The Labute approximate surface area is 116 Å². The van der Waals surface area contributed by atoms with Crippen LogP contribution in [0.15, 0.2) is 30.6 Å². The van der Waals surface area contributed by atoms with Gasteiger partial charge in [0.05, 0.1) is 10.3 Å². The molecular formula is C14H17N3O3. The maximum Gasteiger partial charge on any atom is 0.277 e. The highest BCUT2D eigenvalue weighted by molar-refractivity contribution is 5.99. The molecule has 20 heavy (non-hydrogen) atoms. The van der Waals surface area contributed by atoms with Crippen LogP contribution in [0.4, 0.5) is 11.4 Å². The van der Waals surface area contributed by atoms with Crippen LogP contribution in [-0.2, 0) is 0 Å². The van der Waals surface area contributed by atoms with Crippen molar-refractivity contribution in [1.29, 1.82) is 0 Å². The molecule has 6 nitrogen and oxygen atoms in total. The average Bonchev–Trinajstić information content (AvgIpc) is 2.38. The van der Waals surface area contributed by atoms with Crippen LogP contribution in [-0.4, -0.2) is 27.2 Å². The maximum atomic E-state index is 11.0. The molecule has 2 rings (SSSR count). The quantitative estimate of drug-likeness (QED) is 0.647. The van der Waals surface area contributed by atoms with Crippen LogP contribution in [0.3, 0.4) is 0 Å². The van der Waals surface area contributed by atoms with Crippen LogP contribution in [0.2, 0.25) is 0 Å². The normalized spacial score (nSPS) is 11.6. The van der Waals surface area contributed by atoms with E-state index < -0.39 is 4.92 Å². The third kappa shape index (κ3) is 2.85. The van der Waals surface area contributed by atoms with Crippen molar-refractivity contribution in [2.75, 3.05) is 11.9 Å². The highest BCUT2D eigenvalue weighted by atomic mass is 16.6. The smallest absolute Gasteiger partial charge is 0.277 e. The van der Waals surface area contributed by atoms with Gasteiger partial charge in [-0.25, -0.2) is 0 Å². The van der Waals surface area contributed by atoms with Crippen molar-refractivity contribution in [1.82, 2.24) is 4.98 Å². The summed E-state index contributed by atoms with van der Waals surface area (Å²) in [6.07, 6.45) is 3.73. The topological polar surface area (TPSA) is 88.3 Å². The summed E-state index contributed by atoms with van der Waals surface area (Å²) in [5, 5.41) is 24.7. The summed E-state index contributed by atoms with van der Waals surface area (Å²) in [4.78, 5) is 14.7. The molecule has 0 aliphatic carbocycles. The number of pyridine rings is 1. The van der Waals surface area contributed by atoms with Gasteiger partial charge in [-0.3, -0.25) is 15.1 Å². The molecule has 0 radical (unpaired) electrons. The van der Waals surface area contributed by atoms with Gasteiger partial charge >= 0.3 is 0 Å². The number of non-ortho nitro benzene ring substituents is 1. The molecule has 2 N–H and O–H groups in total. The Balaban J connectivity index is 2.51. The molecule has 1 aromatic carbocycles. The monoisotopic (exact) mass is 275 g/mol. The summed E-state index contributed by atoms with van der Waals surface area (Å²) in [6.45, 7) is 4.00. The number of hydrogen-bond acceptors (Lipinski definition) is 5. The maximum absolute atomic E-state index is 11.0. The fourth-order valence-corrected chi connectivity index (χ4v) is 2.15. The van der Waals surface area contributed by atoms with Crippen LogP contribution < -0.4 is 5.32 Å². The molecule has 0 fully saturated rings. The van der Waals surface area contributed by atoms with E-state index in [-0.39, 0.29) is 17.8 Å². The molecule has 0 saturated carbocycles. The molecule has 0 amide bonds. The molecule has 6 heteroatoms. The molecular weight excluding hydrogens is 258 g/mol. The number of aliphatic hydroxyl groups is 1. The lowest BCUT2D eigenvalue weighted by molar-refractivity contribution is -0.383. The van der Waals surface area contributed by atoms with Gasteiger partial charge in [0.15, 0.2) is 0 Å². The van der Waals surface area contributed by atoms with Gasteiger partial charge in [0.2, 0.25) is 0 Å². The van der Waals surface area contributed by atoms with Crippen LogP contribution in [0.1, 0.15) is 20.3 Å². The van der Waals surface area contributed by atoms with Crippen molar-refractivity contribution in [3.05, 3.63) is 40.7 Å². The molecule has 0 bridgehead atoms. The molecule has 0 unspecified atom stereocenters. The lowest BCUT2D eigenvalue weighted by Gasteiger charge is -2.27. The lowest BCUT2D eigenvalue weighted by atomic mass is 9.99. The summed E-state index contributed by atoms with van der Waals surface area (Å²) < 4.78 is 0. The van der Waals surface area contributed by atoms with Crippen molar-refractivity contribution >= 4 is 22.1 Å². The Morgan fingerprint density at radius 3 is 2.75 bits per heavy atom. The zero-order valence-corrected chi connectivity index (χ0v) is 11.5. The molecule has 0 saturated heterocycles. The van der Waals surface area contributed by atoms with E-state index >= 15 is 0 Å². The highest BCUT2D eigenvalue weighted by Gasteiger charge is 2.20. The first-order valence-electron chi connectivity index (χ1n) is 6.35. The fourth-order valence-electron chi connectivity index (χ4n) is 2.15. The van der Waals surface area contributed by atoms with E-state index in [0.29, 0.717) is 17.2 Å². The van der Waals surface area contributed by atoms with Gasteiger partial charge in [-0.2, -0.15) is 0 Å². The number of fused-ring (bicyclic) bond motifs is 1. The second-order valence-electron chi connectivity index (χ2n) is 5.29. The number of anilines is 1. The Morgan fingerprint density at radius 2 is 2.10 bits per heavy atom. The Bertz CT molecular complexity index is 641. The standard InChI is InChI=1S/C14H17N3O3/c1-14(2,6-8-18)16-12-3-4-13(17(19)20)10-5-7-15-9-11(10)12/h3-5,7,9,16,18H,6,8H2,1-2H3. The van der Waals surface area contributed by atoms with Gasteiger partial charge in [0.25, 0.3) is 5.69 Å². The number of nitro groups is 1. The van der Waals surface area contributed by atoms with Crippen molar-refractivity contribution in [3.63, 3.8) is 0 Å². The number of aromatic nitrogens is 1. The van der Waals surface area contributed by atoms with Crippen molar-refractivity contribution in [3.8, 4) is 0 Å². The second kappa shape index (κ2) is 5.42. The SMILES string of the molecule is CC(C)(CCO)Nc1ccc([N+](=O)[O-])c2ccncc12. The predicted molar refractivity (Wildman–Crippen MR) is 77.8 cm³/mol. The van der Waals surface area contributed by atoms with Gasteiger partial charge in [-0.1, -0.05) is 0 Å². The second-order valence-corrected chi connectivity index (χ2v) is 5.29. The van der Waals surface area contributed by atoms with Crippen LogP contribution >= 0.6 is 0 Å². The van der Waals surface area contributed by atoms with Crippen LogP contribution in [0.25, 0.3) is 10.8 Å². The number of benzene rings is 1. The third-order valence-corrected chi connectivity index (χ3v) is 3.20. The molecule has 106 valence electrons. The Kier molecular flexibility index (Phi) is 3.85. The average molecular weight is 275 g/mol. The Morgan fingerprint density at radius 1 is 1.35 bits per heavy atom. The van der Waals surface area contributed by atoms with Crippen molar-refractivity contribution < 1.29 is 10.0 Å². The number of aliphatic hydroxyl groups excluding tert-OH is 1. The van der Waals surface area contributed by atoms with E-state index in [0.717, 1.165) is 5.69 Å². The largest absolute Gasteiger partial charge is 0.396 e. The van der Waals surface area contributed by atoms with Gasteiger partial charge in [0, 0.05) is 41.7 Å². The van der Waals surface area contributed by atoms with E-state index in [4.69, 9.17) is 5.11 Å². The van der Waals surface area contributed by atoms with Crippen molar-refractivity contribution in [2.24, 2.45) is 0 Å². The van der Waals surface area contributed by atoms with E-state index in [2.05, 4.69) is 10.3 Å². The van der Waals surface area contributed by atoms with E-state index in [1.54, 1.807) is 18.3 Å². The van der Waals surface area contributed by atoms with E-state index in [1.165, 1.54) is 12.3 Å². The number of nitro benzene ring substituents is 1. The first kappa shape index (κ1) is 14.2. The molecule has 0 aliphatic rings. The zero-order chi connectivity index (χ0) is 14.8. The van der Waals surface area contributed by atoms with Crippen molar-refractivity contribution in [2.45, 2.75) is 25.8 Å². The third-order valence-electron chi connectivity index (χ3n) is 3.20. The van der Waals surface area contributed by atoms with E-state index in [9.17, 15) is 10.1 Å². The molecule has 1 heterocycles. The minimum atomic E-state index is -0.398. The number of hydrogen-bond donors (Lipinski definition) is 2. The molecule has 0 atom stereocenters. The summed E-state index contributed by atoms with van der Waals surface area (Å²) in [6, 6.07) is 4.80. The number of nitrogens with one attached hydrogen (secondary N) is 1. The summed E-state index contributed by atoms with van der Waals surface area (Å²) >= 11 is 0. The first-order chi connectivity index (χ1) is 9.44. The van der Waals surface area contributed by atoms with E-state index in [1.807, 2.05) is 13.8 Å². The number of nitrogens with zero attached hydrogens (tertiary/aromatic N) is 2. The Hall–Kier alpha value is -2.21. The van der Waals surface area contributed by atoms with Crippen LogP contribution in [0, 0.1) is 10.1 Å². The highest BCUT2D eigenvalue weighted by Crippen LogP contribution is 2.32. The first-order valence-corrected chi connectivity index (χ1v) is 6.35. The summed E-state index contributed by atoms with van der Waals surface area (Å²) in [5.41, 5.74) is 0.526.